The van der Waals surface area contributed by atoms with Gasteiger partial charge in [-0.1, -0.05) is 24.1 Å². The Morgan fingerprint density at radius 2 is 1.97 bits per heavy atom. The molecule has 0 saturated carbocycles. The highest BCUT2D eigenvalue weighted by Crippen LogP contribution is 2.36. The summed E-state index contributed by atoms with van der Waals surface area (Å²) in [5, 5.41) is 1.96. The topological polar surface area (TPSA) is 62.0 Å². The van der Waals surface area contributed by atoms with Gasteiger partial charge < -0.3 is 15.4 Å². The molecular formula is C29H34N4O2S. The Bertz CT molecular complexity index is 1260. The quantitative estimate of drug-likeness (QED) is 0.361. The number of aryl methyl sites for hydroxylation is 1. The van der Waals surface area contributed by atoms with Crippen molar-refractivity contribution in [2.45, 2.75) is 32.1 Å². The number of unbranched alkanes of at least 4 members (excludes halogenated alkanes) is 1. The summed E-state index contributed by atoms with van der Waals surface area (Å²) in [7, 11) is 0. The number of nitrogens with zero attached hydrogens (tertiary/aromatic N) is 3. The second-order valence-electron chi connectivity index (χ2n) is 9.58. The average molecular weight is 503 g/mol. The molecule has 188 valence electrons. The second kappa shape index (κ2) is 11.2. The Hall–Kier alpha value is -3.21. The molecule has 1 saturated heterocycles. The van der Waals surface area contributed by atoms with E-state index in [9.17, 15) is 4.79 Å². The van der Waals surface area contributed by atoms with Gasteiger partial charge in [-0.2, -0.15) is 0 Å². The van der Waals surface area contributed by atoms with Gasteiger partial charge in [-0.15, -0.1) is 17.8 Å². The minimum absolute atomic E-state index is 0.406. The number of rotatable bonds is 7. The third-order valence-electron chi connectivity index (χ3n) is 7.19. The number of nitrogens with two attached hydrogens (primary N) is 1. The van der Waals surface area contributed by atoms with Crippen molar-refractivity contribution in [3.63, 3.8) is 0 Å². The Morgan fingerprint density at radius 1 is 1.11 bits per heavy atom. The number of amides is 2. The minimum Gasteiger partial charge on any atom is -0.491 e. The van der Waals surface area contributed by atoms with Crippen molar-refractivity contribution in [2.75, 3.05) is 55.7 Å². The number of urea groups is 1. The van der Waals surface area contributed by atoms with Crippen molar-refractivity contribution in [3.05, 3.63) is 53.6 Å². The van der Waals surface area contributed by atoms with Crippen molar-refractivity contribution >= 4 is 38.1 Å². The summed E-state index contributed by atoms with van der Waals surface area (Å²) in [6, 6.07) is 14.1. The number of carbonyl (C=O) groups is 1. The first-order chi connectivity index (χ1) is 17.6. The van der Waals surface area contributed by atoms with Gasteiger partial charge >= 0.3 is 6.03 Å². The Kier molecular flexibility index (Phi) is 7.64. The molecule has 2 aliphatic rings. The van der Waals surface area contributed by atoms with E-state index < -0.39 is 6.03 Å². The number of anilines is 2. The molecule has 1 aromatic heterocycles. The lowest BCUT2D eigenvalue weighted by Gasteiger charge is -2.37. The standard InChI is InChI=1S/C29H34N4O2S/c1-2-22-11-12-24-21-27(36-26(24)20-22)33(29(30)34)14-5-4-13-31-15-17-32(18-16-31)25-10-7-9-23-8-3-6-19-35-28(23)25/h1,7,9-12,20-21H,3-6,8,13-19H2,(H2,30,34). The van der Waals surface area contributed by atoms with Gasteiger partial charge in [-0.25, -0.2) is 4.79 Å². The Labute approximate surface area is 217 Å². The predicted molar refractivity (Wildman–Crippen MR) is 149 cm³/mol. The number of fused-ring (bicyclic) bond motifs is 2. The van der Waals surface area contributed by atoms with Crippen molar-refractivity contribution in [1.29, 1.82) is 0 Å². The first-order valence-corrected chi connectivity index (χ1v) is 13.7. The number of ether oxygens (including phenoxy) is 1. The van der Waals surface area contributed by atoms with Crippen LogP contribution in [0, 0.1) is 12.3 Å². The van der Waals surface area contributed by atoms with Gasteiger partial charge in [0, 0.05) is 43.0 Å². The van der Waals surface area contributed by atoms with Crippen LogP contribution in [0.4, 0.5) is 15.5 Å². The number of hydrogen-bond donors (Lipinski definition) is 1. The molecule has 0 bridgehead atoms. The molecule has 2 aromatic carbocycles. The van der Waals surface area contributed by atoms with Crippen molar-refractivity contribution in [3.8, 4) is 18.1 Å². The molecule has 0 spiro atoms. The van der Waals surface area contributed by atoms with Crippen LogP contribution in [0.2, 0.25) is 0 Å². The zero-order valence-electron chi connectivity index (χ0n) is 20.7. The Balaban J connectivity index is 1.11. The minimum atomic E-state index is -0.406. The molecule has 2 amide bonds. The first-order valence-electron chi connectivity index (χ1n) is 12.9. The lowest BCUT2D eigenvalue weighted by atomic mass is 10.1. The van der Waals surface area contributed by atoms with E-state index in [2.05, 4.69) is 33.9 Å². The van der Waals surface area contributed by atoms with E-state index in [4.69, 9.17) is 16.9 Å². The van der Waals surface area contributed by atoms with E-state index in [0.717, 1.165) is 91.4 Å². The number of primary amides is 1. The van der Waals surface area contributed by atoms with Crippen LogP contribution in [0.1, 0.15) is 36.8 Å². The highest BCUT2D eigenvalue weighted by atomic mass is 32.1. The van der Waals surface area contributed by atoms with Gasteiger partial charge in [0.05, 0.1) is 12.3 Å². The van der Waals surface area contributed by atoms with Crippen LogP contribution in [0.3, 0.4) is 0 Å². The molecule has 5 rings (SSSR count). The molecule has 6 nitrogen and oxygen atoms in total. The fourth-order valence-corrected chi connectivity index (χ4v) is 6.30. The summed E-state index contributed by atoms with van der Waals surface area (Å²) in [6.45, 7) is 6.57. The molecule has 2 aliphatic heterocycles. The van der Waals surface area contributed by atoms with E-state index in [1.54, 1.807) is 16.2 Å². The molecule has 3 heterocycles. The van der Waals surface area contributed by atoms with Gasteiger partial charge in [0.15, 0.2) is 0 Å². The van der Waals surface area contributed by atoms with E-state index in [1.807, 2.05) is 24.3 Å². The van der Waals surface area contributed by atoms with Gasteiger partial charge in [0.2, 0.25) is 0 Å². The second-order valence-corrected chi connectivity index (χ2v) is 10.6. The molecule has 0 aliphatic carbocycles. The maximum absolute atomic E-state index is 12.2. The maximum Gasteiger partial charge on any atom is 0.319 e. The number of hydrogen-bond acceptors (Lipinski definition) is 5. The number of terminal acetylenes is 1. The number of benzene rings is 2. The fourth-order valence-electron chi connectivity index (χ4n) is 5.16. The first kappa shape index (κ1) is 24.5. The largest absolute Gasteiger partial charge is 0.491 e. The van der Waals surface area contributed by atoms with Crippen LogP contribution >= 0.6 is 11.3 Å². The van der Waals surface area contributed by atoms with Crippen LogP contribution in [0.5, 0.6) is 5.75 Å². The fraction of sp³-hybridized carbons (Fsp3) is 0.414. The van der Waals surface area contributed by atoms with Crippen molar-refractivity contribution in [1.82, 2.24) is 4.90 Å². The van der Waals surface area contributed by atoms with Gasteiger partial charge in [-0.3, -0.25) is 9.80 Å². The molecule has 7 heteroatoms. The molecule has 0 radical (unpaired) electrons. The van der Waals surface area contributed by atoms with E-state index in [0.29, 0.717) is 6.54 Å². The highest BCUT2D eigenvalue weighted by molar-refractivity contribution is 7.23. The van der Waals surface area contributed by atoms with Gasteiger partial charge in [0.25, 0.3) is 0 Å². The number of piperazine rings is 1. The summed E-state index contributed by atoms with van der Waals surface area (Å²) < 4.78 is 7.22. The maximum atomic E-state index is 12.2. The number of para-hydroxylation sites is 1. The molecule has 3 aromatic rings. The average Bonchev–Trinajstić information content (AvgIpc) is 3.16. The van der Waals surface area contributed by atoms with Crippen molar-refractivity contribution in [2.24, 2.45) is 5.73 Å². The summed E-state index contributed by atoms with van der Waals surface area (Å²) in [5.41, 5.74) is 9.18. The summed E-state index contributed by atoms with van der Waals surface area (Å²) in [5.74, 6) is 3.77. The molecule has 1 fully saturated rings. The smallest absolute Gasteiger partial charge is 0.319 e. The zero-order valence-corrected chi connectivity index (χ0v) is 21.6. The van der Waals surface area contributed by atoms with Crippen LogP contribution in [0.15, 0.2) is 42.5 Å². The summed E-state index contributed by atoms with van der Waals surface area (Å²) in [6.07, 6.45) is 10.9. The lowest BCUT2D eigenvalue weighted by Crippen LogP contribution is -2.47. The Morgan fingerprint density at radius 3 is 2.78 bits per heavy atom. The van der Waals surface area contributed by atoms with E-state index in [-0.39, 0.29) is 0 Å². The SMILES string of the molecule is C#Cc1ccc2cc(N(CCCCN3CCN(c4cccc5c4OCCCC5)CC3)C(N)=O)sc2c1. The van der Waals surface area contributed by atoms with Gasteiger partial charge in [0.1, 0.15) is 10.8 Å². The monoisotopic (exact) mass is 502 g/mol. The van der Waals surface area contributed by atoms with Crippen LogP contribution in [-0.4, -0.2) is 56.8 Å². The number of carbonyl (C=O) groups excluding carboxylic acids is 1. The highest BCUT2D eigenvalue weighted by Gasteiger charge is 2.22. The van der Waals surface area contributed by atoms with Gasteiger partial charge in [-0.05, 0) is 73.9 Å². The third kappa shape index (κ3) is 5.45. The molecular weight excluding hydrogens is 468 g/mol. The predicted octanol–water partition coefficient (Wildman–Crippen LogP) is 5.09. The van der Waals surface area contributed by atoms with Crippen LogP contribution < -0.4 is 20.3 Å². The normalized spacial score (nSPS) is 16.1. The molecule has 0 atom stereocenters. The lowest BCUT2D eigenvalue weighted by molar-refractivity contribution is 0.248. The zero-order chi connectivity index (χ0) is 24.9. The van der Waals surface area contributed by atoms with Crippen LogP contribution in [0.25, 0.3) is 10.1 Å². The third-order valence-corrected chi connectivity index (χ3v) is 8.31. The van der Waals surface area contributed by atoms with Crippen LogP contribution in [-0.2, 0) is 6.42 Å². The van der Waals surface area contributed by atoms with E-state index >= 15 is 0 Å². The number of thiophene rings is 1. The van der Waals surface area contributed by atoms with Crippen molar-refractivity contribution < 1.29 is 9.53 Å². The molecule has 36 heavy (non-hydrogen) atoms. The molecule has 2 N–H and O–H groups in total. The summed E-state index contributed by atoms with van der Waals surface area (Å²) in [4.78, 5) is 18.9. The summed E-state index contributed by atoms with van der Waals surface area (Å²) >= 11 is 1.56. The molecule has 0 unspecified atom stereocenters. The van der Waals surface area contributed by atoms with E-state index in [1.165, 1.54) is 17.7 Å².